The van der Waals surface area contributed by atoms with Gasteiger partial charge in [0.1, 0.15) is 12.4 Å². The van der Waals surface area contributed by atoms with Gasteiger partial charge in [-0.2, -0.15) is 0 Å². The Balaban J connectivity index is 1.83. The van der Waals surface area contributed by atoms with Crippen LogP contribution < -0.4 is 10.1 Å². The van der Waals surface area contributed by atoms with E-state index >= 15 is 0 Å². The summed E-state index contributed by atoms with van der Waals surface area (Å²) in [4.78, 5) is 0. The molecule has 3 nitrogen and oxygen atoms in total. The van der Waals surface area contributed by atoms with E-state index in [4.69, 9.17) is 9.47 Å². The van der Waals surface area contributed by atoms with E-state index in [9.17, 15) is 0 Å². The van der Waals surface area contributed by atoms with Crippen molar-refractivity contribution in [1.82, 2.24) is 5.32 Å². The lowest BCUT2D eigenvalue weighted by Crippen LogP contribution is -2.17. The van der Waals surface area contributed by atoms with E-state index < -0.39 is 0 Å². The second-order valence-corrected chi connectivity index (χ2v) is 5.00. The van der Waals surface area contributed by atoms with E-state index in [0.717, 1.165) is 12.3 Å². The van der Waals surface area contributed by atoms with E-state index in [2.05, 4.69) is 48.6 Å². The first-order valence-corrected chi connectivity index (χ1v) is 7.28. The van der Waals surface area contributed by atoms with Crippen LogP contribution in [0.2, 0.25) is 0 Å². The smallest absolute Gasteiger partial charge is 0.119 e. The molecule has 0 saturated carbocycles. The van der Waals surface area contributed by atoms with Crippen LogP contribution in [-0.2, 0) is 11.3 Å². The molecule has 0 heterocycles. The molecule has 1 N–H and O–H groups in total. The summed E-state index contributed by atoms with van der Waals surface area (Å²) in [5.74, 6) is 0.881. The van der Waals surface area contributed by atoms with Gasteiger partial charge < -0.3 is 14.8 Å². The van der Waals surface area contributed by atoms with E-state index in [1.165, 1.54) is 11.1 Å². The van der Waals surface area contributed by atoms with Crippen LogP contribution in [0.25, 0.3) is 0 Å². The normalized spacial score (nSPS) is 12.1. The predicted octanol–water partition coefficient (Wildman–Crippen LogP) is 3.56. The van der Waals surface area contributed by atoms with Crippen LogP contribution in [0.1, 0.15) is 24.1 Å². The highest BCUT2D eigenvalue weighted by Gasteiger charge is 2.05. The van der Waals surface area contributed by atoms with Crippen molar-refractivity contribution in [3.63, 3.8) is 0 Å². The Morgan fingerprint density at radius 2 is 1.67 bits per heavy atom. The third kappa shape index (κ3) is 5.21. The number of nitrogens with one attached hydrogen (secondary N) is 1. The van der Waals surface area contributed by atoms with Gasteiger partial charge in [0.05, 0.1) is 6.61 Å². The second-order valence-electron chi connectivity index (χ2n) is 5.00. The van der Waals surface area contributed by atoms with Gasteiger partial charge in [-0.3, -0.25) is 0 Å². The van der Waals surface area contributed by atoms with Gasteiger partial charge in [0.25, 0.3) is 0 Å². The first-order valence-electron chi connectivity index (χ1n) is 7.28. The van der Waals surface area contributed by atoms with Gasteiger partial charge >= 0.3 is 0 Å². The summed E-state index contributed by atoms with van der Waals surface area (Å²) in [5.41, 5.74) is 2.55. The van der Waals surface area contributed by atoms with Crippen molar-refractivity contribution < 1.29 is 9.47 Å². The fraction of sp³-hybridized carbons (Fsp3) is 0.333. The Bertz CT molecular complexity index is 511. The SMILES string of the molecule is COCCOc1ccc(C(C)NCc2ccccc2)cc1. The third-order valence-corrected chi connectivity index (χ3v) is 3.39. The number of methoxy groups -OCH3 is 1. The molecule has 2 aromatic carbocycles. The van der Waals surface area contributed by atoms with Crippen molar-refractivity contribution in [1.29, 1.82) is 0 Å². The lowest BCUT2D eigenvalue weighted by atomic mass is 10.1. The maximum atomic E-state index is 5.57. The van der Waals surface area contributed by atoms with Crippen molar-refractivity contribution in [2.45, 2.75) is 19.5 Å². The lowest BCUT2D eigenvalue weighted by Gasteiger charge is -2.15. The number of hydrogen-bond donors (Lipinski definition) is 1. The molecule has 0 aliphatic carbocycles. The van der Waals surface area contributed by atoms with Crippen molar-refractivity contribution in [2.75, 3.05) is 20.3 Å². The molecule has 0 spiro atoms. The van der Waals surface area contributed by atoms with Gasteiger partial charge in [-0.1, -0.05) is 42.5 Å². The van der Waals surface area contributed by atoms with Crippen LogP contribution in [0.5, 0.6) is 5.75 Å². The number of hydrogen-bond acceptors (Lipinski definition) is 3. The van der Waals surface area contributed by atoms with Crippen LogP contribution in [0, 0.1) is 0 Å². The van der Waals surface area contributed by atoms with E-state index in [-0.39, 0.29) is 0 Å². The number of rotatable bonds is 8. The maximum absolute atomic E-state index is 5.57. The molecular weight excluding hydrogens is 262 g/mol. The zero-order valence-electron chi connectivity index (χ0n) is 12.7. The molecule has 0 amide bonds. The van der Waals surface area contributed by atoms with Crippen LogP contribution in [0.15, 0.2) is 54.6 Å². The average Bonchev–Trinajstić information content (AvgIpc) is 2.54. The van der Waals surface area contributed by atoms with Gasteiger partial charge in [-0.05, 0) is 30.2 Å². The summed E-state index contributed by atoms with van der Waals surface area (Å²) in [6.07, 6.45) is 0. The average molecular weight is 285 g/mol. The molecule has 0 aromatic heterocycles. The van der Waals surface area contributed by atoms with Crippen LogP contribution in [0.3, 0.4) is 0 Å². The Hall–Kier alpha value is -1.84. The van der Waals surface area contributed by atoms with Crippen molar-refractivity contribution in [3.8, 4) is 5.75 Å². The van der Waals surface area contributed by atoms with Crippen LogP contribution >= 0.6 is 0 Å². The Morgan fingerprint density at radius 1 is 0.952 bits per heavy atom. The molecule has 0 bridgehead atoms. The molecule has 2 aromatic rings. The van der Waals surface area contributed by atoms with E-state index in [1.54, 1.807) is 7.11 Å². The monoisotopic (exact) mass is 285 g/mol. The minimum Gasteiger partial charge on any atom is -0.491 e. The third-order valence-electron chi connectivity index (χ3n) is 3.39. The highest BCUT2D eigenvalue weighted by atomic mass is 16.5. The van der Waals surface area contributed by atoms with E-state index in [1.807, 2.05) is 18.2 Å². The van der Waals surface area contributed by atoms with Gasteiger partial charge in [0, 0.05) is 19.7 Å². The van der Waals surface area contributed by atoms with Gasteiger partial charge in [-0.25, -0.2) is 0 Å². The predicted molar refractivity (Wildman–Crippen MR) is 85.5 cm³/mol. The van der Waals surface area contributed by atoms with Gasteiger partial charge in [0.2, 0.25) is 0 Å². The molecule has 0 saturated heterocycles. The molecule has 0 radical (unpaired) electrons. The summed E-state index contributed by atoms with van der Waals surface area (Å²) >= 11 is 0. The zero-order valence-corrected chi connectivity index (χ0v) is 12.7. The van der Waals surface area contributed by atoms with Crippen LogP contribution in [-0.4, -0.2) is 20.3 Å². The standard InChI is InChI=1S/C18H23NO2/c1-15(19-14-16-6-4-3-5-7-16)17-8-10-18(11-9-17)21-13-12-20-2/h3-11,15,19H,12-14H2,1-2H3. The Kier molecular flexibility index (Phi) is 6.25. The lowest BCUT2D eigenvalue weighted by molar-refractivity contribution is 0.146. The minimum atomic E-state index is 0.304. The Morgan fingerprint density at radius 3 is 2.33 bits per heavy atom. The minimum absolute atomic E-state index is 0.304. The molecule has 2 rings (SSSR count). The summed E-state index contributed by atoms with van der Waals surface area (Å²) in [7, 11) is 1.67. The highest BCUT2D eigenvalue weighted by Crippen LogP contribution is 2.18. The maximum Gasteiger partial charge on any atom is 0.119 e. The van der Waals surface area contributed by atoms with Crippen molar-refractivity contribution in [2.24, 2.45) is 0 Å². The summed E-state index contributed by atoms with van der Waals surface area (Å²) < 4.78 is 10.5. The molecule has 1 atom stereocenters. The topological polar surface area (TPSA) is 30.5 Å². The summed E-state index contributed by atoms with van der Waals surface area (Å²) in [6, 6.07) is 18.9. The molecule has 21 heavy (non-hydrogen) atoms. The van der Waals surface area contributed by atoms with Gasteiger partial charge in [0.15, 0.2) is 0 Å². The van der Waals surface area contributed by atoms with Gasteiger partial charge in [-0.15, -0.1) is 0 Å². The fourth-order valence-electron chi connectivity index (χ4n) is 2.08. The summed E-state index contributed by atoms with van der Waals surface area (Å²) in [6.45, 7) is 4.23. The Labute approximate surface area is 126 Å². The molecule has 0 aliphatic rings. The molecule has 3 heteroatoms. The summed E-state index contributed by atoms with van der Waals surface area (Å²) in [5, 5.41) is 3.53. The van der Waals surface area contributed by atoms with Crippen molar-refractivity contribution >= 4 is 0 Å². The van der Waals surface area contributed by atoms with Crippen molar-refractivity contribution in [3.05, 3.63) is 65.7 Å². The number of ether oxygens (including phenoxy) is 2. The molecule has 1 unspecified atom stereocenters. The fourth-order valence-corrected chi connectivity index (χ4v) is 2.08. The molecular formula is C18H23NO2. The number of benzene rings is 2. The molecule has 0 aliphatic heterocycles. The first kappa shape index (κ1) is 15.5. The second kappa shape index (κ2) is 8.45. The molecule has 112 valence electrons. The molecule has 0 fully saturated rings. The van der Waals surface area contributed by atoms with Crippen LogP contribution in [0.4, 0.5) is 0 Å². The largest absolute Gasteiger partial charge is 0.491 e. The highest BCUT2D eigenvalue weighted by molar-refractivity contribution is 5.29. The zero-order chi connectivity index (χ0) is 14.9. The quantitative estimate of drug-likeness (QED) is 0.752. The first-order chi connectivity index (χ1) is 10.3. The van der Waals surface area contributed by atoms with E-state index in [0.29, 0.717) is 19.3 Å².